The smallest absolute Gasteiger partial charge is 0.181 e. The lowest BCUT2D eigenvalue weighted by atomic mass is 10.5. The minimum absolute atomic E-state index is 0.723. The first kappa shape index (κ1) is 9.01. The van der Waals surface area contributed by atoms with E-state index in [1.165, 1.54) is 0 Å². The first-order chi connectivity index (χ1) is 6.66. The summed E-state index contributed by atoms with van der Waals surface area (Å²) in [5, 5.41) is 7.78. The van der Waals surface area contributed by atoms with E-state index in [9.17, 15) is 0 Å². The molecule has 0 radical (unpaired) electrons. The molecule has 0 N–H and O–H groups in total. The van der Waals surface area contributed by atoms with E-state index in [2.05, 4.69) is 20.3 Å². The second kappa shape index (κ2) is 3.30. The van der Waals surface area contributed by atoms with Crippen LogP contribution in [0.1, 0.15) is 5.82 Å². The Morgan fingerprint density at radius 3 is 2.93 bits per heavy atom. The lowest BCUT2D eigenvalue weighted by molar-refractivity contribution is 0.391. The first-order valence-electron chi connectivity index (χ1n) is 4.33. The van der Waals surface area contributed by atoms with E-state index in [0.717, 1.165) is 23.5 Å². The molecule has 0 saturated heterocycles. The second-order valence-electron chi connectivity index (χ2n) is 3.45. The van der Waals surface area contributed by atoms with Gasteiger partial charge in [0.15, 0.2) is 11.2 Å². The molecule has 0 bridgehead atoms. The summed E-state index contributed by atoms with van der Waals surface area (Å²) in [5.41, 5.74) is 1.51. The Kier molecular flexibility index (Phi) is 2.12. The Balaban J connectivity index is 2.44. The van der Waals surface area contributed by atoms with Gasteiger partial charge < -0.3 is 4.90 Å². The molecule has 2 aromatic rings. The Labute approximate surface area is 81.6 Å². The zero-order chi connectivity index (χ0) is 10.1. The summed E-state index contributed by atoms with van der Waals surface area (Å²) in [6.07, 6.45) is 1.70. The summed E-state index contributed by atoms with van der Waals surface area (Å²) in [5.74, 6) is 0.785. The molecule has 0 spiro atoms. The summed E-state index contributed by atoms with van der Waals surface area (Å²) in [7, 11) is 5.78. The Hall–Kier alpha value is -1.56. The average Bonchev–Trinajstić information content (AvgIpc) is 2.47. The molecule has 2 rings (SSSR count). The van der Waals surface area contributed by atoms with Crippen molar-refractivity contribution in [2.75, 3.05) is 14.1 Å². The van der Waals surface area contributed by atoms with E-state index < -0.39 is 0 Å². The van der Waals surface area contributed by atoms with Gasteiger partial charge >= 0.3 is 0 Å². The van der Waals surface area contributed by atoms with Gasteiger partial charge in [0.05, 0.1) is 12.7 Å². The maximum absolute atomic E-state index is 4.36. The van der Waals surface area contributed by atoms with Crippen LogP contribution in [0.5, 0.6) is 0 Å². The van der Waals surface area contributed by atoms with Crippen molar-refractivity contribution >= 4 is 11.2 Å². The Bertz CT molecular complexity index is 446. The molecule has 2 heterocycles. The molecule has 0 unspecified atom stereocenters. The molecule has 6 nitrogen and oxygen atoms in total. The molecule has 0 fully saturated rings. The Morgan fingerprint density at radius 1 is 1.43 bits per heavy atom. The fraction of sp³-hybridized carbons (Fsp3) is 0.500. The molecule has 74 valence electrons. The highest BCUT2D eigenvalue weighted by atomic mass is 15.4. The minimum atomic E-state index is 0.723. The average molecular weight is 192 g/mol. The van der Waals surface area contributed by atoms with Crippen molar-refractivity contribution in [2.24, 2.45) is 7.05 Å². The van der Waals surface area contributed by atoms with Gasteiger partial charge in [0.1, 0.15) is 5.82 Å². The highest BCUT2D eigenvalue weighted by Crippen LogP contribution is 2.05. The number of nitrogens with zero attached hydrogens (tertiary/aromatic N) is 6. The summed E-state index contributed by atoms with van der Waals surface area (Å²) in [4.78, 5) is 10.6. The topological polar surface area (TPSA) is 59.7 Å². The van der Waals surface area contributed by atoms with Gasteiger partial charge in [-0.15, -0.1) is 5.10 Å². The predicted molar refractivity (Wildman–Crippen MR) is 51.5 cm³/mol. The van der Waals surface area contributed by atoms with E-state index in [-0.39, 0.29) is 0 Å². The van der Waals surface area contributed by atoms with Gasteiger partial charge in [-0.05, 0) is 14.1 Å². The van der Waals surface area contributed by atoms with Crippen molar-refractivity contribution in [2.45, 2.75) is 6.54 Å². The van der Waals surface area contributed by atoms with Crippen LogP contribution in [0.2, 0.25) is 0 Å². The third-order valence-electron chi connectivity index (χ3n) is 1.85. The molecule has 0 aliphatic rings. The molecule has 0 aliphatic carbocycles. The SMILES string of the molecule is CN(C)Cc1ncc2nnn(C)c2n1. The fourth-order valence-electron chi connectivity index (χ4n) is 1.23. The largest absolute Gasteiger partial charge is 0.302 e. The van der Waals surface area contributed by atoms with Crippen molar-refractivity contribution in [3.8, 4) is 0 Å². The lowest BCUT2D eigenvalue weighted by Crippen LogP contribution is -2.13. The number of rotatable bonds is 2. The maximum Gasteiger partial charge on any atom is 0.181 e. The molecular formula is C8H12N6. The highest BCUT2D eigenvalue weighted by Gasteiger charge is 2.05. The molecule has 0 amide bonds. The van der Waals surface area contributed by atoms with Crippen LogP contribution >= 0.6 is 0 Å². The molecule has 6 heteroatoms. The van der Waals surface area contributed by atoms with Crippen molar-refractivity contribution in [3.05, 3.63) is 12.0 Å². The number of hydrogen-bond acceptors (Lipinski definition) is 5. The number of aromatic nitrogens is 5. The van der Waals surface area contributed by atoms with Crippen LogP contribution in [0.25, 0.3) is 11.2 Å². The van der Waals surface area contributed by atoms with Crippen LogP contribution in [0.3, 0.4) is 0 Å². The number of hydrogen-bond donors (Lipinski definition) is 0. The molecule has 0 aromatic carbocycles. The first-order valence-corrected chi connectivity index (χ1v) is 4.33. The van der Waals surface area contributed by atoms with E-state index in [1.807, 2.05) is 26.0 Å². The Morgan fingerprint density at radius 2 is 2.21 bits per heavy atom. The second-order valence-corrected chi connectivity index (χ2v) is 3.45. The van der Waals surface area contributed by atoms with Crippen LogP contribution in [-0.2, 0) is 13.6 Å². The van der Waals surface area contributed by atoms with Crippen molar-refractivity contribution < 1.29 is 0 Å². The molecular weight excluding hydrogens is 180 g/mol. The van der Waals surface area contributed by atoms with Gasteiger partial charge in [-0.3, -0.25) is 0 Å². The molecule has 14 heavy (non-hydrogen) atoms. The van der Waals surface area contributed by atoms with Gasteiger partial charge in [-0.25, -0.2) is 14.6 Å². The van der Waals surface area contributed by atoms with Crippen molar-refractivity contribution in [1.29, 1.82) is 0 Å². The number of fused-ring (bicyclic) bond motifs is 1. The van der Waals surface area contributed by atoms with Crippen molar-refractivity contribution in [3.63, 3.8) is 0 Å². The van der Waals surface area contributed by atoms with Crippen LogP contribution in [0, 0.1) is 0 Å². The van der Waals surface area contributed by atoms with Crippen molar-refractivity contribution in [1.82, 2.24) is 29.9 Å². The van der Waals surface area contributed by atoms with Gasteiger partial charge in [0, 0.05) is 7.05 Å². The molecule has 0 saturated carbocycles. The quantitative estimate of drug-likeness (QED) is 0.660. The predicted octanol–water partition coefficient (Wildman–Crippen LogP) is -0.180. The van der Waals surface area contributed by atoms with Crippen LogP contribution in [0.4, 0.5) is 0 Å². The van der Waals surface area contributed by atoms with E-state index in [0.29, 0.717) is 0 Å². The standard InChI is InChI=1S/C8H12N6/c1-13(2)5-7-9-4-6-8(10-7)14(3)12-11-6/h4H,5H2,1-3H3. The number of aryl methyl sites for hydroxylation is 1. The van der Waals surface area contributed by atoms with Gasteiger partial charge in [0.2, 0.25) is 0 Å². The monoisotopic (exact) mass is 192 g/mol. The molecule has 2 aromatic heterocycles. The van der Waals surface area contributed by atoms with Gasteiger partial charge in [0.25, 0.3) is 0 Å². The van der Waals surface area contributed by atoms with E-state index in [4.69, 9.17) is 0 Å². The van der Waals surface area contributed by atoms with E-state index in [1.54, 1.807) is 10.9 Å². The zero-order valence-corrected chi connectivity index (χ0v) is 8.47. The normalized spacial score (nSPS) is 11.4. The van der Waals surface area contributed by atoms with Crippen LogP contribution in [0.15, 0.2) is 6.20 Å². The van der Waals surface area contributed by atoms with Gasteiger partial charge in [-0.2, -0.15) is 0 Å². The summed E-state index contributed by atoms with van der Waals surface area (Å²) in [6, 6.07) is 0. The maximum atomic E-state index is 4.36. The zero-order valence-electron chi connectivity index (χ0n) is 8.47. The fourth-order valence-corrected chi connectivity index (χ4v) is 1.23. The minimum Gasteiger partial charge on any atom is -0.302 e. The molecule has 0 atom stereocenters. The summed E-state index contributed by atoms with van der Waals surface area (Å²) >= 11 is 0. The van der Waals surface area contributed by atoms with Crippen LogP contribution in [-0.4, -0.2) is 44.0 Å². The summed E-state index contributed by atoms with van der Waals surface area (Å²) in [6.45, 7) is 0.723. The molecule has 0 aliphatic heterocycles. The third-order valence-corrected chi connectivity index (χ3v) is 1.85. The highest BCUT2D eigenvalue weighted by molar-refractivity contribution is 5.67. The lowest BCUT2D eigenvalue weighted by Gasteiger charge is -2.06. The summed E-state index contributed by atoms with van der Waals surface area (Å²) < 4.78 is 1.65. The van der Waals surface area contributed by atoms with E-state index >= 15 is 0 Å². The van der Waals surface area contributed by atoms with Crippen LogP contribution < -0.4 is 0 Å². The third kappa shape index (κ3) is 1.56. The van der Waals surface area contributed by atoms with Gasteiger partial charge in [-0.1, -0.05) is 5.21 Å².